The monoisotopic (exact) mass is 510 g/mol. The van der Waals surface area contributed by atoms with Gasteiger partial charge in [-0.15, -0.1) is 0 Å². The SMILES string of the molecule is COc1ccc(C)c(-c2ccc(C(=O)NS(=O)(=O)c3ccc[nH]c3=O)c(N3C[C@@H](C)CC3(C)C)n2)c1. The van der Waals surface area contributed by atoms with Crippen molar-refractivity contribution >= 4 is 21.7 Å². The van der Waals surface area contributed by atoms with Gasteiger partial charge in [0, 0.05) is 23.8 Å². The number of anilines is 1. The van der Waals surface area contributed by atoms with Crippen LogP contribution in [0.1, 0.15) is 43.1 Å². The summed E-state index contributed by atoms with van der Waals surface area (Å²) in [6.07, 6.45) is 2.21. The number of sulfonamides is 1. The van der Waals surface area contributed by atoms with E-state index in [0.717, 1.165) is 23.6 Å². The van der Waals surface area contributed by atoms with Crippen molar-refractivity contribution in [1.29, 1.82) is 0 Å². The molecule has 1 aliphatic heterocycles. The Hall–Kier alpha value is -3.66. The fourth-order valence-electron chi connectivity index (χ4n) is 4.79. The quantitative estimate of drug-likeness (QED) is 0.521. The summed E-state index contributed by atoms with van der Waals surface area (Å²) in [5, 5.41) is 0. The topological polar surface area (TPSA) is 121 Å². The predicted molar refractivity (Wildman–Crippen MR) is 138 cm³/mol. The highest BCUT2D eigenvalue weighted by molar-refractivity contribution is 7.90. The van der Waals surface area contributed by atoms with Crippen LogP contribution in [-0.4, -0.2) is 43.5 Å². The number of carbonyl (C=O) groups excluding carboxylic acids is 1. The molecule has 0 saturated carbocycles. The fraction of sp³-hybridized carbons (Fsp3) is 0.346. The lowest BCUT2D eigenvalue weighted by atomic mass is 9.97. The third-order valence-corrected chi connectivity index (χ3v) is 7.82. The maximum atomic E-state index is 13.3. The van der Waals surface area contributed by atoms with Crippen molar-refractivity contribution in [2.75, 3.05) is 18.6 Å². The van der Waals surface area contributed by atoms with Crippen LogP contribution >= 0.6 is 0 Å². The number of pyridine rings is 2. The van der Waals surface area contributed by atoms with Gasteiger partial charge in [0.2, 0.25) is 0 Å². The fourth-order valence-corrected chi connectivity index (χ4v) is 5.82. The van der Waals surface area contributed by atoms with E-state index in [9.17, 15) is 18.0 Å². The van der Waals surface area contributed by atoms with Crippen molar-refractivity contribution in [2.24, 2.45) is 5.92 Å². The van der Waals surface area contributed by atoms with Crippen molar-refractivity contribution < 1.29 is 17.9 Å². The van der Waals surface area contributed by atoms with Crippen LogP contribution in [0.25, 0.3) is 11.3 Å². The average molecular weight is 511 g/mol. The summed E-state index contributed by atoms with van der Waals surface area (Å²) < 4.78 is 33.1. The van der Waals surface area contributed by atoms with Crippen molar-refractivity contribution in [3.8, 4) is 17.0 Å². The summed E-state index contributed by atoms with van der Waals surface area (Å²) in [6, 6.07) is 11.5. The van der Waals surface area contributed by atoms with Crippen molar-refractivity contribution in [1.82, 2.24) is 14.7 Å². The number of aromatic amines is 1. The minimum atomic E-state index is -4.40. The molecule has 0 bridgehead atoms. The molecule has 1 aliphatic rings. The van der Waals surface area contributed by atoms with Gasteiger partial charge < -0.3 is 14.6 Å². The largest absolute Gasteiger partial charge is 0.497 e. The van der Waals surface area contributed by atoms with Crippen LogP contribution in [0.5, 0.6) is 5.75 Å². The van der Waals surface area contributed by atoms with E-state index in [2.05, 4.69) is 25.8 Å². The Balaban J connectivity index is 1.82. The molecule has 4 rings (SSSR count). The molecule has 0 radical (unpaired) electrons. The molecular formula is C26H30N4O5S. The van der Waals surface area contributed by atoms with Gasteiger partial charge in [-0.1, -0.05) is 13.0 Å². The molecule has 3 aromatic rings. The maximum absolute atomic E-state index is 13.3. The van der Waals surface area contributed by atoms with Gasteiger partial charge in [0.1, 0.15) is 11.6 Å². The smallest absolute Gasteiger partial charge is 0.269 e. The molecule has 2 aromatic heterocycles. The van der Waals surface area contributed by atoms with Crippen LogP contribution < -0.4 is 19.9 Å². The number of amides is 1. The van der Waals surface area contributed by atoms with Crippen LogP contribution in [-0.2, 0) is 10.0 Å². The zero-order chi connectivity index (χ0) is 26.3. The highest BCUT2D eigenvalue weighted by Crippen LogP contribution is 2.39. The van der Waals surface area contributed by atoms with Gasteiger partial charge >= 0.3 is 0 Å². The van der Waals surface area contributed by atoms with E-state index in [1.807, 2.05) is 34.7 Å². The highest BCUT2D eigenvalue weighted by atomic mass is 32.2. The zero-order valence-corrected chi connectivity index (χ0v) is 21.8. The summed E-state index contributed by atoms with van der Waals surface area (Å²) >= 11 is 0. The molecule has 1 aromatic carbocycles. The molecule has 0 unspecified atom stereocenters. The highest BCUT2D eigenvalue weighted by Gasteiger charge is 2.39. The third-order valence-electron chi connectivity index (χ3n) is 6.47. The first kappa shape index (κ1) is 25.4. The number of nitrogens with one attached hydrogen (secondary N) is 2. The third kappa shape index (κ3) is 4.86. The molecule has 2 N–H and O–H groups in total. The molecule has 10 heteroatoms. The van der Waals surface area contributed by atoms with Gasteiger partial charge in [-0.3, -0.25) is 9.59 Å². The van der Waals surface area contributed by atoms with Gasteiger partial charge in [-0.2, -0.15) is 0 Å². The lowest BCUT2D eigenvalue weighted by Gasteiger charge is -2.34. The van der Waals surface area contributed by atoms with E-state index in [1.165, 1.54) is 12.3 Å². The lowest BCUT2D eigenvalue weighted by Crippen LogP contribution is -2.41. The molecule has 1 amide bonds. The second kappa shape index (κ2) is 9.42. The molecule has 0 spiro atoms. The summed E-state index contributed by atoms with van der Waals surface area (Å²) in [7, 11) is -2.81. The van der Waals surface area contributed by atoms with E-state index in [-0.39, 0.29) is 11.1 Å². The average Bonchev–Trinajstić information content (AvgIpc) is 3.10. The number of hydrogen-bond acceptors (Lipinski definition) is 7. The number of H-pyrrole nitrogens is 1. The number of hydrogen-bond donors (Lipinski definition) is 2. The molecule has 0 aliphatic carbocycles. The number of benzene rings is 1. The Labute approximate surface area is 210 Å². The van der Waals surface area contributed by atoms with Crippen molar-refractivity contribution in [3.05, 3.63) is 70.1 Å². The minimum absolute atomic E-state index is 0.109. The maximum Gasteiger partial charge on any atom is 0.269 e. The Morgan fingerprint density at radius 1 is 1.22 bits per heavy atom. The Kier molecular flexibility index (Phi) is 6.66. The number of methoxy groups -OCH3 is 1. The van der Waals surface area contributed by atoms with E-state index in [1.54, 1.807) is 19.2 Å². The number of nitrogens with zero attached hydrogens (tertiary/aromatic N) is 2. The first-order valence-electron chi connectivity index (χ1n) is 11.6. The molecule has 9 nitrogen and oxygen atoms in total. The predicted octanol–water partition coefficient (Wildman–Crippen LogP) is 3.50. The number of ether oxygens (including phenoxy) is 1. The molecule has 1 fully saturated rings. The second-order valence-electron chi connectivity index (χ2n) is 9.78. The first-order valence-corrected chi connectivity index (χ1v) is 13.1. The van der Waals surface area contributed by atoms with Crippen molar-refractivity contribution in [2.45, 2.75) is 44.6 Å². The molecule has 1 atom stereocenters. The van der Waals surface area contributed by atoms with Gasteiger partial charge in [0.05, 0.1) is 18.4 Å². The van der Waals surface area contributed by atoms with Gasteiger partial charge in [0.15, 0.2) is 4.90 Å². The second-order valence-corrected chi connectivity index (χ2v) is 11.4. The Morgan fingerprint density at radius 3 is 2.61 bits per heavy atom. The summed E-state index contributed by atoms with van der Waals surface area (Å²) in [6.45, 7) is 8.89. The zero-order valence-electron chi connectivity index (χ0n) is 21.0. The number of aryl methyl sites for hydroxylation is 1. The molecule has 1 saturated heterocycles. The number of rotatable bonds is 6. The molecular weight excluding hydrogens is 480 g/mol. The van der Waals surface area contributed by atoms with Crippen molar-refractivity contribution in [3.63, 3.8) is 0 Å². The van der Waals surface area contributed by atoms with Crippen LogP contribution in [0.2, 0.25) is 0 Å². The van der Waals surface area contributed by atoms with E-state index in [0.29, 0.717) is 29.7 Å². The van der Waals surface area contributed by atoms with Gasteiger partial charge in [-0.05, 0) is 75.1 Å². The van der Waals surface area contributed by atoms with E-state index >= 15 is 0 Å². The van der Waals surface area contributed by atoms with Gasteiger partial charge in [-0.25, -0.2) is 18.1 Å². The molecule has 36 heavy (non-hydrogen) atoms. The van der Waals surface area contributed by atoms with Gasteiger partial charge in [0.25, 0.3) is 21.5 Å². The van der Waals surface area contributed by atoms with Crippen LogP contribution in [0, 0.1) is 12.8 Å². The molecule has 3 heterocycles. The van der Waals surface area contributed by atoms with Crippen LogP contribution in [0.15, 0.2) is 58.4 Å². The summed E-state index contributed by atoms with van der Waals surface area (Å²) in [4.78, 5) is 34.1. The number of carbonyl (C=O) groups is 1. The normalized spacial score (nSPS) is 17.1. The van der Waals surface area contributed by atoms with Crippen LogP contribution in [0.3, 0.4) is 0 Å². The first-order chi connectivity index (χ1) is 16.9. The van der Waals surface area contributed by atoms with E-state index < -0.39 is 26.4 Å². The molecule has 190 valence electrons. The standard InChI is InChI=1S/C26H30N4O5S/c1-16-14-26(3,4)30(15-16)23-19(24(31)29-36(33,34)22-7-6-12-27-25(22)32)10-11-21(28-23)20-13-18(35-5)9-8-17(20)2/h6-13,16H,14-15H2,1-5H3,(H,27,32)(H,29,31)/t16-/m0/s1. The van der Waals surface area contributed by atoms with E-state index in [4.69, 9.17) is 9.72 Å². The summed E-state index contributed by atoms with van der Waals surface area (Å²) in [5.74, 6) is 0.561. The summed E-state index contributed by atoms with van der Waals surface area (Å²) in [5.41, 5.74) is 1.45. The lowest BCUT2D eigenvalue weighted by molar-refractivity contribution is 0.0981. The van der Waals surface area contributed by atoms with Crippen LogP contribution in [0.4, 0.5) is 5.82 Å². The minimum Gasteiger partial charge on any atom is -0.497 e. The number of aromatic nitrogens is 2. The Morgan fingerprint density at radius 2 is 1.97 bits per heavy atom. The Bertz CT molecular complexity index is 1480.